The average molecular weight is 367 g/mol. The van der Waals surface area contributed by atoms with E-state index < -0.39 is 0 Å². The van der Waals surface area contributed by atoms with Gasteiger partial charge in [-0.2, -0.15) is 0 Å². The van der Waals surface area contributed by atoms with Crippen molar-refractivity contribution in [2.24, 2.45) is 5.92 Å². The van der Waals surface area contributed by atoms with E-state index in [1.165, 1.54) is 12.1 Å². The van der Waals surface area contributed by atoms with E-state index in [0.717, 1.165) is 29.8 Å². The molecule has 2 aromatic carbocycles. The fourth-order valence-corrected chi connectivity index (χ4v) is 3.57. The van der Waals surface area contributed by atoms with Gasteiger partial charge in [-0.15, -0.1) is 0 Å². The minimum Gasteiger partial charge on any atom is -0.360 e. The highest BCUT2D eigenvalue weighted by atomic mass is 19.1. The number of nitrogens with zero attached hydrogens (tertiary/aromatic N) is 1. The van der Waals surface area contributed by atoms with E-state index in [4.69, 9.17) is 0 Å². The molecule has 1 aliphatic carbocycles. The van der Waals surface area contributed by atoms with E-state index in [2.05, 4.69) is 10.6 Å². The number of nitrogens with one attached hydrogen (secondary N) is 2. The Morgan fingerprint density at radius 2 is 1.89 bits per heavy atom. The molecule has 2 fully saturated rings. The lowest BCUT2D eigenvalue weighted by molar-refractivity contribution is -0.122. The van der Waals surface area contributed by atoms with E-state index >= 15 is 0 Å². The molecular formula is C21H22FN3O2. The maximum atomic E-state index is 13.0. The van der Waals surface area contributed by atoms with Crippen LogP contribution in [0.4, 0.5) is 10.1 Å². The first kappa shape index (κ1) is 17.5. The van der Waals surface area contributed by atoms with Gasteiger partial charge in [0, 0.05) is 31.2 Å². The van der Waals surface area contributed by atoms with Crippen LogP contribution in [0.5, 0.6) is 0 Å². The van der Waals surface area contributed by atoms with E-state index in [-0.39, 0.29) is 29.5 Å². The molecule has 2 atom stereocenters. The largest absolute Gasteiger partial charge is 0.360 e. The van der Waals surface area contributed by atoms with Gasteiger partial charge in [0.15, 0.2) is 0 Å². The highest BCUT2D eigenvalue weighted by Crippen LogP contribution is 2.47. The Morgan fingerprint density at radius 1 is 1.15 bits per heavy atom. The van der Waals surface area contributed by atoms with Gasteiger partial charge in [0.25, 0.3) is 0 Å². The van der Waals surface area contributed by atoms with Gasteiger partial charge in [-0.3, -0.25) is 9.59 Å². The van der Waals surface area contributed by atoms with Gasteiger partial charge in [-0.1, -0.05) is 24.3 Å². The molecule has 0 spiro atoms. The first-order valence-corrected chi connectivity index (χ1v) is 9.24. The third-order valence-electron chi connectivity index (χ3n) is 5.23. The molecule has 4 rings (SSSR count). The highest BCUT2D eigenvalue weighted by molar-refractivity contribution is 5.83. The van der Waals surface area contributed by atoms with Crippen molar-refractivity contribution >= 4 is 17.5 Å². The number of piperazine rings is 1. The predicted octanol–water partition coefficient (Wildman–Crippen LogP) is 2.18. The first-order valence-electron chi connectivity index (χ1n) is 9.24. The van der Waals surface area contributed by atoms with Crippen molar-refractivity contribution < 1.29 is 14.0 Å². The quantitative estimate of drug-likeness (QED) is 0.852. The average Bonchev–Trinajstić information content (AvgIpc) is 3.48. The Bertz CT molecular complexity index is 836. The molecule has 1 saturated carbocycles. The molecule has 2 aliphatic rings. The van der Waals surface area contributed by atoms with Crippen molar-refractivity contribution in [1.29, 1.82) is 0 Å². The molecule has 2 aromatic rings. The summed E-state index contributed by atoms with van der Waals surface area (Å²) in [6, 6.07) is 14.3. The molecule has 0 unspecified atom stereocenters. The van der Waals surface area contributed by atoms with Gasteiger partial charge in [-0.05, 0) is 47.7 Å². The molecule has 0 aromatic heterocycles. The van der Waals surface area contributed by atoms with Crippen LogP contribution >= 0.6 is 0 Å². The summed E-state index contributed by atoms with van der Waals surface area (Å²) in [5, 5.41) is 5.80. The van der Waals surface area contributed by atoms with Crippen LogP contribution in [0.1, 0.15) is 23.5 Å². The van der Waals surface area contributed by atoms with Gasteiger partial charge in [0.2, 0.25) is 11.8 Å². The monoisotopic (exact) mass is 367 g/mol. The molecule has 140 valence electrons. The van der Waals surface area contributed by atoms with E-state index in [1.54, 1.807) is 12.1 Å². The molecule has 0 bridgehead atoms. The maximum absolute atomic E-state index is 13.0. The minimum atomic E-state index is -0.256. The molecule has 1 saturated heterocycles. The van der Waals surface area contributed by atoms with Gasteiger partial charge in [-0.25, -0.2) is 4.39 Å². The zero-order chi connectivity index (χ0) is 18.8. The summed E-state index contributed by atoms with van der Waals surface area (Å²) >= 11 is 0. The summed E-state index contributed by atoms with van der Waals surface area (Å²) in [6.45, 7) is 2.32. The Hall–Kier alpha value is -2.89. The lowest BCUT2D eigenvalue weighted by Gasteiger charge is -2.28. The number of hydrogen-bond donors (Lipinski definition) is 2. The van der Waals surface area contributed by atoms with E-state index in [1.807, 2.05) is 29.2 Å². The summed E-state index contributed by atoms with van der Waals surface area (Å²) in [4.78, 5) is 25.9. The summed E-state index contributed by atoms with van der Waals surface area (Å²) in [5.41, 5.74) is 3.05. The number of amides is 2. The number of anilines is 1. The van der Waals surface area contributed by atoms with Crippen molar-refractivity contribution in [1.82, 2.24) is 10.6 Å². The second-order valence-corrected chi connectivity index (χ2v) is 7.16. The lowest BCUT2D eigenvalue weighted by atomic mass is 10.1. The Kier molecular flexibility index (Phi) is 4.79. The molecule has 1 aliphatic heterocycles. The van der Waals surface area contributed by atoms with Crippen molar-refractivity contribution in [3.05, 3.63) is 65.5 Å². The fourth-order valence-electron chi connectivity index (χ4n) is 3.57. The molecule has 2 amide bonds. The third-order valence-corrected chi connectivity index (χ3v) is 5.23. The van der Waals surface area contributed by atoms with Crippen molar-refractivity contribution in [2.45, 2.75) is 18.9 Å². The number of hydrogen-bond acceptors (Lipinski definition) is 3. The van der Waals surface area contributed by atoms with Gasteiger partial charge >= 0.3 is 0 Å². The topological polar surface area (TPSA) is 61.4 Å². The van der Waals surface area contributed by atoms with Gasteiger partial charge in [0.05, 0.1) is 6.54 Å². The molecule has 6 heteroatoms. The summed E-state index contributed by atoms with van der Waals surface area (Å²) in [6.07, 6.45) is 0.813. The van der Waals surface area contributed by atoms with E-state index in [9.17, 15) is 14.0 Å². The van der Waals surface area contributed by atoms with Gasteiger partial charge in [0.1, 0.15) is 5.82 Å². The van der Waals surface area contributed by atoms with Crippen molar-refractivity contribution in [3.63, 3.8) is 0 Å². The number of rotatable bonds is 5. The Balaban J connectivity index is 1.28. The summed E-state index contributed by atoms with van der Waals surface area (Å²) < 4.78 is 13.0. The maximum Gasteiger partial charge on any atom is 0.239 e. The van der Waals surface area contributed by atoms with Gasteiger partial charge < -0.3 is 15.5 Å². The number of carbonyl (C=O) groups is 2. The zero-order valence-electron chi connectivity index (χ0n) is 15.0. The van der Waals surface area contributed by atoms with Crippen molar-refractivity contribution in [2.75, 3.05) is 24.5 Å². The normalized spacial score (nSPS) is 21.5. The molecular weight excluding hydrogens is 345 g/mol. The molecule has 1 heterocycles. The number of halogens is 1. The molecule has 2 N–H and O–H groups in total. The predicted molar refractivity (Wildman–Crippen MR) is 101 cm³/mol. The third kappa shape index (κ3) is 4.10. The van der Waals surface area contributed by atoms with Crippen LogP contribution in [-0.2, 0) is 16.1 Å². The summed E-state index contributed by atoms with van der Waals surface area (Å²) in [5.74, 6) is -0.00677. The smallest absolute Gasteiger partial charge is 0.239 e. The molecule has 27 heavy (non-hydrogen) atoms. The van der Waals surface area contributed by atoms with Crippen LogP contribution in [0.15, 0.2) is 48.5 Å². The van der Waals surface area contributed by atoms with Crippen LogP contribution in [0.2, 0.25) is 0 Å². The first-order chi connectivity index (χ1) is 13.1. The van der Waals surface area contributed by atoms with E-state index in [0.29, 0.717) is 19.6 Å². The SMILES string of the molecule is O=C1CN(c2ccc(CNC(=O)[C@@H]3C[C@H]3c3ccc(F)cc3)cc2)CCN1. The van der Waals surface area contributed by atoms with Crippen LogP contribution in [0.3, 0.4) is 0 Å². The fraction of sp³-hybridized carbons (Fsp3) is 0.333. The zero-order valence-corrected chi connectivity index (χ0v) is 15.0. The van der Waals surface area contributed by atoms with Crippen LogP contribution in [0.25, 0.3) is 0 Å². The van der Waals surface area contributed by atoms with Crippen LogP contribution in [-0.4, -0.2) is 31.4 Å². The highest BCUT2D eigenvalue weighted by Gasteiger charge is 2.43. The summed E-state index contributed by atoms with van der Waals surface area (Å²) in [7, 11) is 0. The second kappa shape index (κ2) is 7.39. The minimum absolute atomic E-state index is 0.0263. The van der Waals surface area contributed by atoms with Crippen LogP contribution in [0, 0.1) is 11.7 Å². The second-order valence-electron chi connectivity index (χ2n) is 7.16. The lowest BCUT2D eigenvalue weighted by Crippen LogP contribution is -2.47. The Morgan fingerprint density at radius 3 is 2.59 bits per heavy atom. The number of carbonyl (C=O) groups excluding carboxylic acids is 2. The molecule has 5 nitrogen and oxygen atoms in total. The molecule has 0 radical (unpaired) electrons. The van der Waals surface area contributed by atoms with Crippen LogP contribution < -0.4 is 15.5 Å². The van der Waals surface area contributed by atoms with Crippen molar-refractivity contribution in [3.8, 4) is 0 Å². The number of benzene rings is 2. The Labute approximate surface area is 157 Å². The standard InChI is InChI=1S/C21H22FN3O2/c22-16-5-3-15(4-6-16)18-11-19(18)21(27)24-12-14-1-7-17(8-2-14)25-10-9-23-20(26)13-25/h1-8,18-19H,9-13H2,(H,23,26)(H,24,27)/t18-,19+/m0/s1.